The van der Waals surface area contributed by atoms with Crippen molar-refractivity contribution >= 4 is 10.0 Å². The first kappa shape index (κ1) is 16.6. The Balaban J connectivity index is 1.68. The largest absolute Gasteiger partial charge is 0.481 e. The Morgan fingerprint density at radius 2 is 2.22 bits per heavy atom. The van der Waals surface area contributed by atoms with Crippen molar-refractivity contribution in [2.75, 3.05) is 46.2 Å². The van der Waals surface area contributed by atoms with Crippen LogP contribution in [0.5, 0.6) is 5.88 Å². The van der Waals surface area contributed by atoms with E-state index in [0.717, 1.165) is 25.2 Å². The van der Waals surface area contributed by atoms with E-state index in [9.17, 15) is 8.42 Å². The average molecular weight is 341 g/mol. The second kappa shape index (κ2) is 6.72. The fourth-order valence-corrected chi connectivity index (χ4v) is 4.22. The number of likely N-dealkylation sites (tertiary alicyclic amines) is 1. The number of hydrogen-bond acceptors (Lipinski definition) is 6. The summed E-state index contributed by atoms with van der Waals surface area (Å²) in [7, 11) is -1.55. The maximum atomic E-state index is 11.8. The molecule has 1 aromatic heterocycles. The van der Waals surface area contributed by atoms with Gasteiger partial charge in [0, 0.05) is 50.4 Å². The molecule has 0 unspecified atom stereocenters. The highest BCUT2D eigenvalue weighted by Gasteiger charge is 2.38. The number of pyridine rings is 1. The Hall–Kier alpha value is -1.22. The second-order valence-electron chi connectivity index (χ2n) is 6.16. The topological polar surface area (TPSA) is 72.0 Å². The van der Waals surface area contributed by atoms with Crippen LogP contribution in [0.4, 0.5) is 0 Å². The molecule has 0 N–H and O–H groups in total. The lowest BCUT2D eigenvalue weighted by molar-refractivity contribution is 0.0518. The number of ether oxygens (including phenoxy) is 2. The van der Waals surface area contributed by atoms with Crippen LogP contribution in [0, 0.1) is 5.92 Å². The molecule has 0 radical (unpaired) electrons. The first-order valence-corrected chi connectivity index (χ1v) is 9.59. The maximum absolute atomic E-state index is 11.8. The highest BCUT2D eigenvalue weighted by molar-refractivity contribution is 7.88. The van der Waals surface area contributed by atoms with E-state index in [-0.39, 0.29) is 12.0 Å². The third-order valence-electron chi connectivity index (χ3n) is 4.47. The molecule has 3 rings (SSSR count). The van der Waals surface area contributed by atoms with Gasteiger partial charge < -0.3 is 9.47 Å². The summed E-state index contributed by atoms with van der Waals surface area (Å²) < 4.78 is 36.3. The summed E-state index contributed by atoms with van der Waals surface area (Å²) in [5.41, 5.74) is 1.03. The Morgan fingerprint density at radius 1 is 1.39 bits per heavy atom. The predicted octanol–water partition coefficient (Wildman–Crippen LogP) is 0.182. The number of aromatic nitrogens is 1. The first-order valence-electron chi connectivity index (χ1n) is 7.74. The van der Waals surface area contributed by atoms with E-state index in [2.05, 4.69) is 9.88 Å². The van der Waals surface area contributed by atoms with Gasteiger partial charge in [0.15, 0.2) is 0 Å². The van der Waals surface area contributed by atoms with Gasteiger partial charge >= 0.3 is 0 Å². The van der Waals surface area contributed by atoms with E-state index in [1.54, 1.807) is 13.3 Å². The molecule has 1 aromatic rings. The van der Waals surface area contributed by atoms with Crippen molar-refractivity contribution in [3.8, 4) is 5.88 Å². The van der Waals surface area contributed by atoms with E-state index in [1.165, 1.54) is 10.6 Å². The molecule has 0 spiro atoms. The van der Waals surface area contributed by atoms with Gasteiger partial charge in [-0.05, 0) is 6.07 Å². The molecule has 8 heteroatoms. The Labute approximate surface area is 137 Å². The van der Waals surface area contributed by atoms with E-state index in [4.69, 9.17) is 9.47 Å². The summed E-state index contributed by atoms with van der Waals surface area (Å²) in [6, 6.07) is 3.90. The molecule has 2 aliphatic heterocycles. The molecule has 2 atom stereocenters. The van der Waals surface area contributed by atoms with E-state index < -0.39 is 10.0 Å². The van der Waals surface area contributed by atoms with Gasteiger partial charge in [0.1, 0.15) is 0 Å². The van der Waals surface area contributed by atoms with Gasteiger partial charge in [-0.25, -0.2) is 13.4 Å². The van der Waals surface area contributed by atoms with Crippen LogP contribution in [0.1, 0.15) is 5.56 Å². The lowest BCUT2D eigenvalue weighted by Gasteiger charge is -2.21. The van der Waals surface area contributed by atoms with Crippen molar-refractivity contribution in [3.63, 3.8) is 0 Å². The Kier molecular flexibility index (Phi) is 4.86. The summed E-state index contributed by atoms with van der Waals surface area (Å²) in [5.74, 6) is 0.841. The molecule has 0 bridgehead atoms. The molecule has 0 saturated carbocycles. The van der Waals surface area contributed by atoms with Gasteiger partial charge in [-0.3, -0.25) is 4.90 Å². The lowest BCUT2D eigenvalue weighted by atomic mass is 10.1. The van der Waals surface area contributed by atoms with Crippen LogP contribution < -0.4 is 4.74 Å². The molecule has 128 valence electrons. The van der Waals surface area contributed by atoms with Crippen LogP contribution in [0.15, 0.2) is 18.3 Å². The average Bonchev–Trinajstić information content (AvgIpc) is 2.76. The van der Waals surface area contributed by atoms with Crippen LogP contribution >= 0.6 is 0 Å². The van der Waals surface area contributed by atoms with Gasteiger partial charge in [-0.15, -0.1) is 0 Å². The number of sulfonamides is 1. The van der Waals surface area contributed by atoms with Crippen molar-refractivity contribution < 1.29 is 17.9 Å². The Bertz CT molecular complexity index is 652. The third-order valence-corrected chi connectivity index (χ3v) is 5.74. The van der Waals surface area contributed by atoms with Gasteiger partial charge in [0.25, 0.3) is 0 Å². The van der Waals surface area contributed by atoms with Crippen LogP contribution in [0.25, 0.3) is 0 Å². The molecular weight excluding hydrogens is 318 g/mol. The van der Waals surface area contributed by atoms with Gasteiger partial charge in [0.05, 0.1) is 26.1 Å². The van der Waals surface area contributed by atoms with E-state index >= 15 is 0 Å². The number of rotatable bonds is 4. The normalized spacial score (nSPS) is 26.7. The number of fused-ring (bicyclic) bond motifs is 1. The molecule has 0 amide bonds. The van der Waals surface area contributed by atoms with E-state index in [1.807, 2.05) is 12.1 Å². The summed E-state index contributed by atoms with van der Waals surface area (Å²) >= 11 is 0. The minimum Gasteiger partial charge on any atom is -0.481 e. The zero-order chi connectivity index (χ0) is 16.4. The second-order valence-corrected chi connectivity index (χ2v) is 8.14. The number of methoxy groups -OCH3 is 1. The standard InChI is InChI=1S/C15H23N3O4S/c1-21-15-12(4-3-5-16-15)8-17-9-13-10-18(23(2,19)20)6-7-22-14(13)11-17/h3-5,13-14H,6-11H2,1-2H3/t13-,14-/m1/s1. The fourth-order valence-electron chi connectivity index (χ4n) is 3.35. The molecule has 0 aromatic carbocycles. The summed E-state index contributed by atoms with van der Waals surface area (Å²) in [5, 5.41) is 0. The van der Waals surface area contributed by atoms with Crippen molar-refractivity contribution in [1.82, 2.24) is 14.2 Å². The highest BCUT2D eigenvalue weighted by Crippen LogP contribution is 2.27. The zero-order valence-corrected chi connectivity index (χ0v) is 14.3. The van der Waals surface area contributed by atoms with Crippen LogP contribution in [-0.4, -0.2) is 74.9 Å². The van der Waals surface area contributed by atoms with Gasteiger partial charge in [-0.2, -0.15) is 4.31 Å². The Morgan fingerprint density at radius 3 is 2.96 bits per heavy atom. The molecular formula is C15H23N3O4S. The minimum absolute atomic E-state index is 0.0874. The lowest BCUT2D eigenvalue weighted by Crippen LogP contribution is -2.36. The maximum Gasteiger partial charge on any atom is 0.217 e. The molecule has 2 aliphatic rings. The predicted molar refractivity (Wildman–Crippen MR) is 85.7 cm³/mol. The molecule has 2 saturated heterocycles. The summed E-state index contributed by atoms with van der Waals surface area (Å²) in [6.07, 6.45) is 3.06. The molecule has 3 heterocycles. The SMILES string of the molecule is COc1ncccc1CN1C[C@@H]2CN(S(C)(=O)=O)CCO[C@@H]2C1. The smallest absolute Gasteiger partial charge is 0.217 e. The number of nitrogens with zero attached hydrogens (tertiary/aromatic N) is 3. The fraction of sp³-hybridized carbons (Fsp3) is 0.667. The van der Waals surface area contributed by atoms with Gasteiger partial charge in [0.2, 0.25) is 15.9 Å². The number of hydrogen-bond donors (Lipinski definition) is 0. The minimum atomic E-state index is -3.17. The van der Waals surface area contributed by atoms with Crippen LogP contribution in [0.3, 0.4) is 0 Å². The van der Waals surface area contributed by atoms with Crippen LogP contribution in [-0.2, 0) is 21.3 Å². The van der Waals surface area contributed by atoms with Crippen molar-refractivity contribution in [1.29, 1.82) is 0 Å². The van der Waals surface area contributed by atoms with Crippen molar-refractivity contribution in [2.45, 2.75) is 12.6 Å². The van der Waals surface area contributed by atoms with E-state index in [0.29, 0.717) is 25.6 Å². The quantitative estimate of drug-likeness (QED) is 0.778. The van der Waals surface area contributed by atoms with Crippen LogP contribution in [0.2, 0.25) is 0 Å². The zero-order valence-electron chi connectivity index (χ0n) is 13.5. The highest BCUT2D eigenvalue weighted by atomic mass is 32.2. The first-order chi connectivity index (χ1) is 11.0. The van der Waals surface area contributed by atoms with Crippen molar-refractivity contribution in [3.05, 3.63) is 23.9 Å². The molecule has 23 heavy (non-hydrogen) atoms. The molecule has 2 fully saturated rings. The summed E-state index contributed by atoms with van der Waals surface area (Å²) in [4.78, 5) is 6.50. The molecule has 0 aliphatic carbocycles. The van der Waals surface area contributed by atoms with Crippen molar-refractivity contribution in [2.24, 2.45) is 5.92 Å². The summed E-state index contributed by atoms with van der Waals surface area (Å²) in [6.45, 7) is 3.78. The third kappa shape index (κ3) is 3.82. The van der Waals surface area contributed by atoms with Gasteiger partial charge in [-0.1, -0.05) is 6.07 Å². The molecule has 7 nitrogen and oxygen atoms in total. The monoisotopic (exact) mass is 341 g/mol.